The van der Waals surface area contributed by atoms with Crippen LogP contribution in [0.2, 0.25) is 5.02 Å². The lowest BCUT2D eigenvalue weighted by molar-refractivity contribution is 0.0586. The summed E-state index contributed by atoms with van der Waals surface area (Å²) < 4.78 is 5.50. The summed E-state index contributed by atoms with van der Waals surface area (Å²) in [4.78, 5) is 19.7. The number of aromatic nitrogens is 2. The molecule has 0 radical (unpaired) electrons. The van der Waals surface area contributed by atoms with Gasteiger partial charge in [0.05, 0.1) is 0 Å². The van der Waals surface area contributed by atoms with Gasteiger partial charge in [0, 0.05) is 22.2 Å². The van der Waals surface area contributed by atoms with E-state index in [1.54, 1.807) is 24.3 Å². The Hall–Kier alpha value is -2.66. The quantitative estimate of drug-likeness (QED) is 0.544. The summed E-state index contributed by atoms with van der Waals surface area (Å²) in [5, 5.41) is 4.67. The molecule has 3 aromatic rings. The standard InChI is InChI=1S/C23H24ClN3O2/c1-16-10-12-17(13-11-16)22-25-21(29-26-22)15-27(20-8-3-2-4-9-20)23(28)18-6-5-7-19(24)14-18/h5-7,10-14,20H,2-4,8-9,15H2,1H3. The third-order valence-electron chi connectivity index (χ3n) is 5.43. The van der Waals surface area contributed by atoms with Crippen LogP contribution in [0.3, 0.4) is 0 Å². The molecular weight excluding hydrogens is 386 g/mol. The number of carbonyl (C=O) groups excluding carboxylic acids is 1. The van der Waals surface area contributed by atoms with Crippen molar-refractivity contribution >= 4 is 17.5 Å². The van der Waals surface area contributed by atoms with Crippen LogP contribution in [-0.2, 0) is 6.54 Å². The lowest BCUT2D eigenvalue weighted by Gasteiger charge is -2.33. The molecular formula is C23H24ClN3O2. The van der Waals surface area contributed by atoms with E-state index in [0.29, 0.717) is 28.8 Å². The van der Waals surface area contributed by atoms with Crippen LogP contribution < -0.4 is 0 Å². The van der Waals surface area contributed by atoms with Crippen LogP contribution in [0.5, 0.6) is 0 Å². The van der Waals surface area contributed by atoms with Crippen molar-refractivity contribution in [2.45, 2.75) is 51.6 Å². The molecule has 1 fully saturated rings. The first-order chi connectivity index (χ1) is 14.1. The number of aryl methyl sites for hydroxylation is 1. The van der Waals surface area contributed by atoms with Crippen LogP contribution in [0, 0.1) is 6.92 Å². The summed E-state index contributed by atoms with van der Waals surface area (Å²) in [6.07, 6.45) is 5.45. The Labute approximate surface area is 175 Å². The topological polar surface area (TPSA) is 59.2 Å². The van der Waals surface area contributed by atoms with E-state index in [-0.39, 0.29) is 11.9 Å². The van der Waals surface area contributed by atoms with Gasteiger partial charge in [0.25, 0.3) is 5.91 Å². The second kappa shape index (κ2) is 8.78. The van der Waals surface area contributed by atoms with Crippen molar-refractivity contribution in [1.29, 1.82) is 0 Å². The van der Waals surface area contributed by atoms with E-state index in [9.17, 15) is 4.79 Å². The molecule has 1 aromatic heterocycles. The summed E-state index contributed by atoms with van der Waals surface area (Å²) in [6.45, 7) is 2.34. The molecule has 0 aliphatic heterocycles. The third kappa shape index (κ3) is 4.67. The van der Waals surface area contributed by atoms with Gasteiger partial charge in [0.15, 0.2) is 0 Å². The molecule has 1 aliphatic rings. The minimum Gasteiger partial charge on any atom is -0.337 e. The number of hydrogen-bond acceptors (Lipinski definition) is 4. The van der Waals surface area contributed by atoms with E-state index in [1.807, 2.05) is 36.1 Å². The zero-order valence-corrected chi connectivity index (χ0v) is 17.2. The number of nitrogens with zero attached hydrogens (tertiary/aromatic N) is 3. The summed E-state index contributed by atoms with van der Waals surface area (Å²) in [5.41, 5.74) is 2.66. The Balaban J connectivity index is 1.58. The lowest BCUT2D eigenvalue weighted by Crippen LogP contribution is -2.41. The first kappa shape index (κ1) is 19.6. The molecule has 0 atom stereocenters. The summed E-state index contributed by atoms with van der Waals surface area (Å²) in [6, 6.07) is 15.2. The minimum absolute atomic E-state index is 0.0468. The van der Waals surface area contributed by atoms with Gasteiger partial charge in [-0.2, -0.15) is 4.98 Å². The maximum Gasteiger partial charge on any atom is 0.254 e. The van der Waals surface area contributed by atoms with Crippen LogP contribution >= 0.6 is 11.6 Å². The van der Waals surface area contributed by atoms with Crippen molar-refractivity contribution in [3.63, 3.8) is 0 Å². The molecule has 1 saturated carbocycles. The van der Waals surface area contributed by atoms with E-state index in [4.69, 9.17) is 16.1 Å². The second-order valence-electron chi connectivity index (χ2n) is 7.61. The Morgan fingerprint density at radius 3 is 2.62 bits per heavy atom. The molecule has 6 heteroatoms. The predicted octanol–water partition coefficient (Wildman–Crippen LogP) is 5.67. The molecule has 1 amide bonds. The van der Waals surface area contributed by atoms with Gasteiger partial charge in [-0.1, -0.05) is 71.9 Å². The van der Waals surface area contributed by atoms with Gasteiger partial charge in [-0.3, -0.25) is 4.79 Å². The fourth-order valence-electron chi connectivity index (χ4n) is 3.83. The monoisotopic (exact) mass is 409 g/mol. The van der Waals surface area contributed by atoms with Gasteiger partial charge in [-0.05, 0) is 38.0 Å². The van der Waals surface area contributed by atoms with Crippen molar-refractivity contribution in [2.75, 3.05) is 0 Å². The van der Waals surface area contributed by atoms with Gasteiger partial charge >= 0.3 is 0 Å². The van der Waals surface area contributed by atoms with E-state index in [0.717, 1.165) is 31.2 Å². The number of benzene rings is 2. The predicted molar refractivity (Wildman–Crippen MR) is 113 cm³/mol. The Kier molecular flexibility index (Phi) is 5.95. The molecule has 0 spiro atoms. The second-order valence-corrected chi connectivity index (χ2v) is 8.05. The Bertz CT molecular complexity index is 978. The summed E-state index contributed by atoms with van der Waals surface area (Å²) in [7, 11) is 0. The van der Waals surface area contributed by atoms with Crippen LogP contribution in [0.1, 0.15) is 53.9 Å². The van der Waals surface area contributed by atoms with Crippen molar-refractivity contribution in [3.8, 4) is 11.4 Å². The van der Waals surface area contributed by atoms with Crippen LogP contribution in [-0.4, -0.2) is 27.0 Å². The third-order valence-corrected chi connectivity index (χ3v) is 5.67. The first-order valence-corrected chi connectivity index (χ1v) is 10.4. The highest BCUT2D eigenvalue weighted by molar-refractivity contribution is 6.30. The molecule has 5 nitrogen and oxygen atoms in total. The highest BCUT2D eigenvalue weighted by Crippen LogP contribution is 2.26. The Morgan fingerprint density at radius 1 is 1.14 bits per heavy atom. The van der Waals surface area contributed by atoms with Crippen LogP contribution in [0.4, 0.5) is 0 Å². The van der Waals surface area contributed by atoms with Crippen molar-refractivity contribution in [1.82, 2.24) is 15.0 Å². The molecule has 0 unspecified atom stereocenters. The molecule has 4 rings (SSSR count). The van der Waals surface area contributed by atoms with E-state index in [1.165, 1.54) is 12.0 Å². The van der Waals surface area contributed by atoms with Crippen molar-refractivity contribution in [3.05, 3.63) is 70.6 Å². The normalized spacial score (nSPS) is 14.7. The lowest BCUT2D eigenvalue weighted by atomic mass is 9.93. The molecule has 0 bridgehead atoms. The number of halogens is 1. The molecule has 1 heterocycles. The fourth-order valence-corrected chi connectivity index (χ4v) is 4.02. The van der Waals surface area contributed by atoms with Gasteiger partial charge in [0.1, 0.15) is 6.54 Å². The maximum atomic E-state index is 13.3. The zero-order valence-electron chi connectivity index (χ0n) is 16.5. The number of rotatable bonds is 5. The van der Waals surface area contributed by atoms with Crippen molar-refractivity contribution in [2.24, 2.45) is 0 Å². The summed E-state index contributed by atoms with van der Waals surface area (Å²) in [5.74, 6) is 0.940. The summed E-state index contributed by atoms with van der Waals surface area (Å²) >= 11 is 6.11. The molecule has 2 aromatic carbocycles. The zero-order chi connectivity index (χ0) is 20.2. The van der Waals surface area contributed by atoms with Crippen LogP contribution in [0.25, 0.3) is 11.4 Å². The van der Waals surface area contributed by atoms with Crippen molar-refractivity contribution < 1.29 is 9.32 Å². The Morgan fingerprint density at radius 2 is 1.90 bits per heavy atom. The molecule has 0 N–H and O–H groups in total. The molecule has 0 saturated heterocycles. The number of amides is 1. The van der Waals surface area contributed by atoms with Crippen LogP contribution in [0.15, 0.2) is 53.1 Å². The smallest absolute Gasteiger partial charge is 0.254 e. The largest absolute Gasteiger partial charge is 0.337 e. The molecule has 150 valence electrons. The van der Waals surface area contributed by atoms with Gasteiger partial charge < -0.3 is 9.42 Å². The first-order valence-electron chi connectivity index (χ1n) is 10.1. The average molecular weight is 410 g/mol. The van der Waals surface area contributed by atoms with E-state index < -0.39 is 0 Å². The van der Waals surface area contributed by atoms with E-state index >= 15 is 0 Å². The highest BCUT2D eigenvalue weighted by Gasteiger charge is 2.28. The van der Waals surface area contributed by atoms with Gasteiger partial charge in [0.2, 0.25) is 11.7 Å². The van der Waals surface area contributed by atoms with E-state index in [2.05, 4.69) is 10.1 Å². The van der Waals surface area contributed by atoms with Gasteiger partial charge in [-0.25, -0.2) is 0 Å². The SMILES string of the molecule is Cc1ccc(-c2noc(CN(C(=O)c3cccc(Cl)c3)C3CCCCC3)n2)cc1. The van der Waals surface area contributed by atoms with Gasteiger partial charge in [-0.15, -0.1) is 0 Å². The maximum absolute atomic E-state index is 13.3. The molecule has 1 aliphatic carbocycles. The fraction of sp³-hybridized carbons (Fsp3) is 0.348. The molecule has 29 heavy (non-hydrogen) atoms. The number of hydrogen-bond donors (Lipinski definition) is 0. The highest BCUT2D eigenvalue weighted by atomic mass is 35.5. The average Bonchev–Trinajstić information content (AvgIpc) is 3.21. The number of carbonyl (C=O) groups is 1. The minimum atomic E-state index is -0.0468.